The molecule has 0 aromatic rings. The van der Waals surface area contributed by atoms with E-state index in [2.05, 4.69) is 11.4 Å². The van der Waals surface area contributed by atoms with Crippen LogP contribution in [0.1, 0.15) is 34.1 Å². The second-order valence-electron chi connectivity index (χ2n) is 3.71. The van der Waals surface area contributed by atoms with Crippen LogP contribution in [-0.2, 0) is 4.74 Å². The van der Waals surface area contributed by atoms with Gasteiger partial charge in [-0.2, -0.15) is 5.26 Å². The van der Waals surface area contributed by atoms with Crippen molar-refractivity contribution in [1.82, 2.24) is 5.32 Å². The Hall–Kier alpha value is -0.590. The number of rotatable bonds is 6. The standard InChI is InChI=1S/C10H20N2O/c1-8(2)12-10(7-11)5-6-13-9(3)4/h8-10,12H,5-6H2,1-4H3. The molecule has 13 heavy (non-hydrogen) atoms. The first-order chi connectivity index (χ1) is 6.06. The van der Waals surface area contributed by atoms with Gasteiger partial charge in [-0.15, -0.1) is 0 Å². The Morgan fingerprint density at radius 2 is 1.92 bits per heavy atom. The van der Waals surface area contributed by atoms with Crippen LogP contribution in [0.2, 0.25) is 0 Å². The van der Waals surface area contributed by atoms with Crippen LogP contribution in [0.5, 0.6) is 0 Å². The molecule has 1 N–H and O–H groups in total. The van der Waals surface area contributed by atoms with E-state index in [1.165, 1.54) is 0 Å². The van der Waals surface area contributed by atoms with Crippen LogP contribution in [0.4, 0.5) is 0 Å². The average Bonchev–Trinajstić information content (AvgIpc) is 2.01. The van der Waals surface area contributed by atoms with Crippen LogP contribution in [0, 0.1) is 11.3 Å². The van der Waals surface area contributed by atoms with Gasteiger partial charge in [0, 0.05) is 12.6 Å². The van der Waals surface area contributed by atoms with Crippen molar-refractivity contribution in [2.24, 2.45) is 0 Å². The summed E-state index contributed by atoms with van der Waals surface area (Å²) in [6.07, 6.45) is 1.01. The van der Waals surface area contributed by atoms with Gasteiger partial charge in [0.05, 0.1) is 18.2 Å². The molecule has 0 rings (SSSR count). The normalized spacial score (nSPS) is 13.3. The smallest absolute Gasteiger partial charge is 0.0976 e. The van der Waals surface area contributed by atoms with Gasteiger partial charge in [0.2, 0.25) is 0 Å². The molecule has 0 aliphatic rings. The lowest BCUT2D eigenvalue weighted by Crippen LogP contribution is -2.34. The summed E-state index contributed by atoms with van der Waals surface area (Å²) in [6.45, 7) is 8.71. The van der Waals surface area contributed by atoms with Gasteiger partial charge in [0.25, 0.3) is 0 Å². The van der Waals surface area contributed by atoms with Gasteiger partial charge < -0.3 is 4.74 Å². The van der Waals surface area contributed by atoms with Crippen LogP contribution in [0.3, 0.4) is 0 Å². The number of hydrogen-bond donors (Lipinski definition) is 1. The van der Waals surface area contributed by atoms with Crippen molar-refractivity contribution < 1.29 is 4.74 Å². The van der Waals surface area contributed by atoms with Crippen LogP contribution in [0.15, 0.2) is 0 Å². The highest BCUT2D eigenvalue weighted by Gasteiger charge is 2.08. The molecular weight excluding hydrogens is 164 g/mol. The molecule has 0 aromatic heterocycles. The number of ether oxygens (including phenoxy) is 1. The largest absolute Gasteiger partial charge is 0.379 e. The van der Waals surface area contributed by atoms with Crippen molar-refractivity contribution in [3.8, 4) is 6.07 Å². The highest BCUT2D eigenvalue weighted by Crippen LogP contribution is 1.96. The molecule has 0 aliphatic heterocycles. The highest BCUT2D eigenvalue weighted by atomic mass is 16.5. The summed E-state index contributed by atoms with van der Waals surface area (Å²) < 4.78 is 5.36. The lowest BCUT2D eigenvalue weighted by atomic mass is 10.2. The van der Waals surface area contributed by atoms with Crippen LogP contribution in [-0.4, -0.2) is 24.8 Å². The summed E-state index contributed by atoms with van der Waals surface area (Å²) in [4.78, 5) is 0. The van der Waals surface area contributed by atoms with E-state index < -0.39 is 0 Å². The van der Waals surface area contributed by atoms with E-state index in [1.54, 1.807) is 0 Å². The molecule has 1 atom stereocenters. The maximum Gasteiger partial charge on any atom is 0.0976 e. The van der Waals surface area contributed by atoms with Gasteiger partial charge in [0.15, 0.2) is 0 Å². The second kappa shape index (κ2) is 6.88. The minimum atomic E-state index is -0.0845. The summed E-state index contributed by atoms with van der Waals surface area (Å²) in [5.74, 6) is 0. The Morgan fingerprint density at radius 3 is 2.31 bits per heavy atom. The van der Waals surface area contributed by atoms with Crippen molar-refractivity contribution in [2.45, 2.75) is 52.3 Å². The van der Waals surface area contributed by atoms with E-state index in [1.807, 2.05) is 27.7 Å². The second-order valence-corrected chi connectivity index (χ2v) is 3.71. The van der Waals surface area contributed by atoms with Crippen molar-refractivity contribution in [1.29, 1.82) is 5.26 Å². The van der Waals surface area contributed by atoms with Gasteiger partial charge >= 0.3 is 0 Å². The predicted octanol–water partition coefficient (Wildman–Crippen LogP) is 1.69. The van der Waals surface area contributed by atoms with Crippen LogP contribution < -0.4 is 5.32 Å². The Kier molecular flexibility index (Phi) is 6.56. The molecule has 0 bridgehead atoms. The van der Waals surface area contributed by atoms with E-state index in [0.717, 1.165) is 6.42 Å². The molecule has 0 amide bonds. The van der Waals surface area contributed by atoms with Crippen LogP contribution >= 0.6 is 0 Å². The average molecular weight is 184 g/mol. The fraction of sp³-hybridized carbons (Fsp3) is 0.900. The molecule has 0 saturated heterocycles. The quantitative estimate of drug-likeness (QED) is 0.683. The number of nitriles is 1. The van der Waals surface area contributed by atoms with Crippen molar-refractivity contribution in [2.75, 3.05) is 6.61 Å². The molecule has 0 fully saturated rings. The zero-order valence-electron chi connectivity index (χ0n) is 9.00. The van der Waals surface area contributed by atoms with Gasteiger partial charge in [-0.1, -0.05) is 0 Å². The Balaban J connectivity index is 3.56. The zero-order chi connectivity index (χ0) is 10.3. The molecule has 0 spiro atoms. The highest BCUT2D eigenvalue weighted by molar-refractivity contribution is 4.90. The van der Waals surface area contributed by atoms with Crippen LogP contribution in [0.25, 0.3) is 0 Å². The molecule has 0 saturated carbocycles. The summed E-state index contributed by atoms with van der Waals surface area (Å²) in [6, 6.07) is 2.48. The molecular formula is C10H20N2O. The predicted molar refractivity (Wildman–Crippen MR) is 53.4 cm³/mol. The number of nitrogens with zero attached hydrogens (tertiary/aromatic N) is 1. The molecule has 1 unspecified atom stereocenters. The van der Waals surface area contributed by atoms with E-state index in [-0.39, 0.29) is 12.1 Å². The maximum atomic E-state index is 8.77. The van der Waals surface area contributed by atoms with Crippen molar-refractivity contribution in [3.63, 3.8) is 0 Å². The third-order valence-corrected chi connectivity index (χ3v) is 1.55. The van der Waals surface area contributed by atoms with Crippen molar-refractivity contribution >= 4 is 0 Å². The van der Waals surface area contributed by atoms with Crippen molar-refractivity contribution in [3.05, 3.63) is 0 Å². The summed E-state index contributed by atoms with van der Waals surface area (Å²) in [5, 5.41) is 11.9. The number of nitrogens with one attached hydrogen (secondary N) is 1. The van der Waals surface area contributed by atoms with Gasteiger partial charge in [-0.3, -0.25) is 5.32 Å². The first-order valence-electron chi connectivity index (χ1n) is 4.83. The summed E-state index contributed by atoms with van der Waals surface area (Å²) >= 11 is 0. The summed E-state index contributed by atoms with van der Waals surface area (Å²) in [7, 11) is 0. The molecule has 0 radical (unpaired) electrons. The van der Waals surface area contributed by atoms with E-state index in [0.29, 0.717) is 12.6 Å². The Bertz CT molecular complexity index is 161. The lowest BCUT2D eigenvalue weighted by molar-refractivity contribution is 0.0739. The van der Waals surface area contributed by atoms with E-state index in [9.17, 15) is 0 Å². The maximum absolute atomic E-state index is 8.77. The van der Waals surface area contributed by atoms with E-state index in [4.69, 9.17) is 10.00 Å². The first kappa shape index (κ1) is 12.4. The fourth-order valence-corrected chi connectivity index (χ4v) is 1.01. The monoisotopic (exact) mass is 184 g/mol. The van der Waals surface area contributed by atoms with Gasteiger partial charge in [-0.25, -0.2) is 0 Å². The minimum absolute atomic E-state index is 0.0845. The fourth-order valence-electron chi connectivity index (χ4n) is 1.01. The molecule has 0 aromatic carbocycles. The molecule has 3 nitrogen and oxygen atoms in total. The Labute approximate surface area is 81.1 Å². The molecule has 0 aliphatic carbocycles. The minimum Gasteiger partial charge on any atom is -0.379 e. The topological polar surface area (TPSA) is 45.0 Å². The third kappa shape index (κ3) is 7.76. The van der Waals surface area contributed by atoms with Gasteiger partial charge in [0.1, 0.15) is 0 Å². The first-order valence-corrected chi connectivity index (χ1v) is 4.83. The van der Waals surface area contributed by atoms with Gasteiger partial charge in [-0.05, 0) is 34.1 Å². The molecule has 0 heterocycles. The third-order valence-electron chi connectivity index (χ3n) is 1.55. The SMILES string of the molecule is CC(C)NC(C#N)CCOC(C)C. The lowest BCUT2D eigenvalue weighted by Gasteiger charge is -2.15. The molecule has 76 valence electrons. The Morgan fingerprint density at radius 1 is 1.31 bits per heavy atom. The number of hydrogen-bond acceptors (Lipinski definition) is 3. The zero-order valence-corrected chi connectivity index (χ0v) is 9.00. The molecule has 3 heteroatoms. The van der Waals surface area contributed by atoms with E-state index >= 15 is 0 Å². The summed E-state index contributed by atoms with van der Waals surface area (Å²) in [5.41, 5.74) is 0.